The molecule has 0 aliphatic carbocycles. The largest absolute Gasteiger partial charge is 0.370 e. The molecule has 0 aromatic heterocycles. The minimum absolute atomic E-state index is 0.0827. The number of carbonyl (C=O) groups is 1. The monoisotopic (exact) mass is 219 g/mol. The summed E-state index contributed by atoms with van der Waals surface area (Å²) in [6, 6.07) is 8.47. The number of rotatable bonds is 2. The van der Waals surface area contributed by atoms with Gasteiger partial charge in [-0.05, 0) is 19.4 Å². The molecular formula is C13H17NO2. The van der Waals surface area contributed by atoms with Gasteiger partial charge < -0.3 is 9.64 Å². The summed E-state index contributed by atoms with van der Waals surface area (Å²) in [5.41, 5.74) is 2.42. The van der Waals surface area contributed by atoms with Gasteiger partial charge in [0, 0.05) is 6.54 Å². The van der Waals surface area contributed by atoms with E-state index in [9.17, 15) is 4.79 Å². The van der Waals surface area contributed by atoms with E-state index in [2.05, 4.69) is 38.1 Å². The average molecular weight is 219 g/mol. The van der Waals surface area contributed by atoms with Crippen molar-refractivity contribution in [3.63, 3.8) is 0 Å². The highest BCUT2D eigenvalue weighted by molar-refractivity contribution is 5.78. The van der Waals surface area contributed by atoms with Crippen LogP contribution in [0.15, 0.2) is 24.3 Å². The molecule has 86 valence electrons. The van der Waals surface area contributed by atoms with E-state index in [4.69, 9.17) is 4.74 Å². The zero-order chi connectivity index (χ0) is 11.5. The third-order valence-corrected chi connectivity index (χ3v) is 3.05. The smallest absolute Gasteiger partial charge is 0.249 e. The summed E-state index contributed by atoms with van der Waals surface area (Å²) in [5.74, 6) is 0.0827. The molecule has 0 bridgehead atoms. The number of nitrogens with zero attached hydrogens (tertiary/aromatic N) is 1. The fourth-order valence-corrected chi connectivity index (χ4v) is 1.96. The van der Waals surface area contributed by atoms with Crippen LogP contribution in [-0.4, -0.2) is 30.6 Å². The second-order valence-corrected chi connectivity index (χ2v) is 4.23. The van der Waals surface area contributed by atoms with E-state index in [1.165, 1.54) is 11.1 Å². The molecule has 1 aromatic carbocycles. The van der Waals surface area contributed by atoms with Gasteiger partial charge in [-0.25, -0.2) is 0 Å². The number of ether oxygens (including phenoxy) is 1. The van der Waals surface area contributed by atoms with E-state index < -0.39 is 0 Å². The molecule has 0 unspecified atom stereocenters. The average Bonchev–Trinajstić information content (AvgIpc) is 2.30. The van der Waals surface area contributed by atoms with Gasteiger partial charge in [-0.3, -0.25) is 4.79 Å². The van der Waals surface area contributed by atoms with E-state index in [0.717, 1.165) is 0 Å². The summed E-state index contributed by atoms with van der Waals surface area (Å²) < 4.78 is 5.13. The Hall–Kier alpha value is -1.35. The number of benzene rings is 1. The molecule has 3 nitrogen and oxygen atoms in total. The van der Waals surface area contributed by atoms with Crippen LogP contribution in [0.4, 0.5) is 0 Å². The van der Waals surface area contributed by atoms with Crippen molar-refractivity contribution in [3.05, 3.63) is 35.4 Å². The quantitative estimate of drug-likeness (QED) is 0.760. The van der Waals surface area contributed by atoms with Gasteiger partial charge in [-0.1, -0.05) is 29.8 Å². The van der Waals surface area contributed by atoms with Crippen molar-refractivity contribution in [2.24, 2.45) is 0 Å². The van der Waals surface area contributed by atoms with E-state index in [-0.39, 0.29) is 18.6 Å². The molecule has 1 atom stereocenters. The first-order chi connectivity index (χ1) is 7.68. The van der Waals surface area contributed by atoms with Gasteiger partial charge in [0.1, 0.15) is 6.61 Å². The lowest BCUT2D eigenvalue weighted by atomic mass is 10.0. The van der Waals surface area contributed by atoms with Crippen molar-refractivity contribution in [1.29, 1.82) is 0 Å². The lowest BCUT2D eigenvalue weighted by molar-refractivity contribution is -0.145. The van der Waals surface area contributed by atoms with Crippen molar-refractivity contribution in [2.45, 2.75) is 19.9 Å². The Kier molecular flexibility index (Phi) is 3.25. The van der Waals surface area contributed by atoms with Crippen LogP contribution in [0.25, 0.3) is 0 Å². The van der Waals surface area contributed by atoms with Crippen molar-refractivity contribution in [3.8, 4) is 0 Å². The van der Waals surface area contributed by atoms with Gasteiger partial charge in [0.2, 0.25) is 5.91 Å². The minimum atomic E-state index is 0.0827. The van der Waals surface area contributed by atoms with Gasteiger partial charge in [0.25, 0.3) is 0 Å². The van der Waals surface area contributed by atoms with Crippen LogP contribution in [0.3, 0.4) is 0 Å². The molecule has 1 saturated heterocycles. The van der Waals surface area contributed by atoms with Gasteiger partial charge in [0.05, 0.1) is 12.6 Å². The van der Waals surface area contributed by atoms with Crippen LogP contribution in [-0.2, 0) is 9.53 Å². The topological polar surface area (TPSA) is 29.5 Å². The van der Waals surface area contributed by atoms with Crippen LogP contribution in [0.5, 0.6) is 0 Å². The molecule has 1 fully saturated rings. The van der Waals surface area contributed by atoms with Crippen molar-refractivity contribution < 1.29 is 9.53 Å². The molecule has 2 rings (SSSR count). The summed E-state index contributed by atoms with van der Waals surface area (Å²) in [6.07, 6.45) is 0. The van der Waals surface area contributed by atoms with Crippen LogP contribution >= 0.6 is 0 Å². The third kappa shape index (κ3) is 2.25. The Balaban J connectivity index is 2.14. The van der Waals surface area contributed by atoms with Gasteiger partial charge in [-0.15, -0.1) is 0 Å². The number of hydrogen-bond acceptors (Lipinski definition) is 2. The van der Waals surface area contributed by atoms with Crippen LogP contribution in [0, 0.1) is 6.92 Å². The number of hydrogen-bond donors (Lipinski definition) is 0. The van der Waals surface area contributed by atoms with E-state index >= 15 is 0 Å². The first-order valence-corrected chi connectivity index (χ1v) is 5.62. The number of aryl methyl sites for hydroxylation is 1. The highest BCUT2D eigenvalue weighted by Crippen LogP contribution is 2.21. The molecule has 1 amide bonds. The molecule has 0 saturated carbocycles. The lowest BCUT2D eigenvalue weighted by Gasteiger charge is -2.32. The molecular weight excluding hydrogens is 202 g/mol. The highest BCUT2D eigenvalue weighted by Gasteiger charge is 2.24. The first kappa shape index (κ1) is 11.1. The molecule has 1 aromatic rings. The Morgan fingerprint density at radius 3 is 2.62 bits per heavy atom. The molecule has 16 heavy (non-hydrogen) atoms. The molecule has 1 aliphatic heterocycles. The Bertz CT molecular complexity index is 372. The minimum Gasteiger partial charge on any atom is -0.370 e. The number of amides is 1. The SMILES string of the molecule is Cc1ccc([C@H](C)N2CCOCC2=O)cc1. The zero-order valence-corrected chi connectivity index (χ0v) is 9.77. The molecule has 1 aliphatic rings. The fraction of sp³-hybridized carbons (Fsp3) is 0.462. The molecule has 1 heterocycles. The van der Waals surface area contributed by atoms with Crippen LogP contribution in [0.1, 0.15) is 24.1 Å². The van der Waals surface area contributed by atoms with Crippen LogP contribution in [0.2, 0.25) is 0 Å². The van der Waals surface area contributed by atoms with Gasteiger partial charge >= 0.3 is 0 Å². The maximum atomic E-state index is 11.7. The predicted molar refractivity (Wildman–Crippen MR) is 62.1 cm³/mol. The normalized spacial score (nSPS) is 18.6. The van der Waals surface area contributed by atoms with Crippen LogP contribution < -0.4 is 0 Å². The Morgan fingerprint density at radius 2 is 2.00 bits per heavy atom. The highest BCUT2D eigenvalue weighted by atomic mass is 16.5. The zero-order valence-electron chi connectivity index (χ0n) is 9.77. The summed E-state index contributed by atoms with van der Waals surface area (Å²) >= 11 is 0. The van der Waals surface area contributed by atoms with Gasteiger partial charge in [0.15, 0.2) is 0 Å². The molecule has 0 spiro atoms. The lowest BCUT2D eigenvalue weighted by Crippen LogP contribution is -2.42. The number of carbonyl (C=O) groups excluding carboxylic acids is 1. The Morgan fingerprint density at radius 1 is 1.31 bits per heavy atom. The maximum Gasteiger partial charge on any atom is 0.249 e. The number of morpholine rings is 1. The van der Waals surface area contributed by atoms with E-state index in [1.807, 2.05) is 4.90 Å². The fourth-order valence-electron chi connectivity index (χ4n) is 1.96. The third-order valence-electron chi connectivity index (χ3n) is 3.05. The van der Waals surface area contributed by atoms with E-state index in [1.54, 1.807) is 0 Å². The summed E-state index contributed by atoms with van der Waals surface area (Å²) in [7, 11) is 0. The summed E-state index contributed by atoms with van der Waals surface area (Å²) in [4.78, 5) is 13.6. The maximum absolute atomic E-state index is 11.7. The second kappa shape index (κ2) is 4.66. The molecule has 0 N–H and O–H groups in total. The van der Waals surface area contributed by atoms with Crippen molar-refractivity contribution in [2.75, 3.05) is 19.8 Å². The second-order valence-electron chi connectivity index (χ2n) is 4.23. The summed E-state index contributed by atoms with van der Waals surface area (Å²) in [5, 5.41) is 0. The summed E-state index contributed by atoms with van der Waals surface area (Å²) in [6.45, 7) is 5.67. The van der Waals surface area contributed by atoms with E-state index in [0.29, 0.717) is 13.2 Å². The van der Waals surface area contributed by atoms with Crippen molar-refractivity contribution >= 4 is 5.91 Å². The standard InChI is InChI=1S/C13H17NO2/c1-10-3-5-12(6-4-10)11(2)14-7-8-16-9-13(14)15/h3-6,11H,7-9H2,1-2H3/t11-/m0/s1. The Labute approximate surface area is 96.0 Å². The predicted octanol–water partition coefficient (Wildman–Crippen LogP) is 1.91. The van der Waals surface area contributed by atoms with Gasteiger partial charge in [-0.2, -0.15) is 0 Å². The van der Waals surface area contributed by atoms with Crippen molar-refractivity contribution in [1.82, 2.24) is 4.90 Å². The molecule has 0 radical (unpaired) electrons. The first-order valence-electron chi connectivity index (χ1n) is 5.62. The molecule has 3 heteroatoms.